The quantitative estimate of drug-likeness (QED) is 0.624. The van der Waals surface area contributed by atoms with Crippen molar-refractivity contribution in [2.75, 3.05) is 0 Å². The average Bonchev–Trinajstić information content (AvgIpc) is 2.47. The third kappa shape index (κ3) is 0.995. The van der Waals surface area contributed by atoms with Crippen LogP contribution in [0.25, 0.3) is 11.0 Å². The van der Waals surface area contributed by atoms with Crippen LogP contribution in [-0.2, 0) is 0 Å². The molecule has 0 saturated carbocycles. The number of furan rings is 1. The Labute approximate surface area is 69.4 Å². The zero-order valence-corrected chi connectivity index (χ0v) is 6.40. The third-order valence-corrected chi connectivity index (χ3v) is 1.83. The van der Waals surface area contributed by atoms with Gasteiger partial charge in [-0.1, -0.05) is 18.2 Å². The summed E-state index contributed by atoms with van der Waals surface area (Å²) in [6.45, 7) is 0. The molecular formula is C9H9NO2. The fraction of sp³-hybridized carbons (Fsp3) is 0.111. The fourth-order valence-corrected chi connectivity index (χ4v) is 1.23. The zero-order valence-electron chi connectivity index (χ0n) is 6.40. The summed E-state index contributed by atoms with van der Waals surface area (Å²) in [5, 5.41) is 10.00. The number of fused-ring (bicyclic) bond motifs is 1. The Hall–Kier alpha value is -1.32. The minimum absolute atomic E-state index is 0.630. The van der Waals surface area contributed by atoms with Gasteiger partial charge in [0.15, 0.2) is 0 Å². The van der Waals surface area contributed by atoms with E-state index in [9.17, 15) is 0 Å². The van der Waals surface area contributed by atoms with E-state index in [1.807, 2.05) is 24.3 Å². The van der Waals surface area contributed by atoms with E-state index in [4.69, 9.17) is 15.3 Å². The molecule has 0 amide bonds. The van der Waals surface area contributed by atoms with Crippen molar-refractivity contribution >= 4 is 11.0 Å². The van der Waals surface area contributed by atoms with E-state index >= 15 is 0 Å². The molecule has 0 aliphatic heterocycles. The minimum Gasteiger partial charge on any atom is -0.464 e. The van der Waals surface area contributed by atoms with Gasteiger partial charge >= 0.3 is 0 Å². The molecule has 3 nitrogen and oxygen atoms in total. The smallest absolute Gasteiger partial charge is 0.134 e. The zero-order chi connectivity index (χ0) is 8.55. The van der Waals surface area contributed by atoms with Gasteiger partial charge in [-0.05, 0) is 6.07 Å². The van der Waals surface area contributed by atoms with E-state index in [0.29, 0.717) is 5.56 Å². The van der Waals surface area contributed by atoms with Gasteiger partial charge in [0, 0.05) is 10.9 Å². The predicted molar refractivity (Wildman–Crippen MR) is 45.4 cm³/mol. The summed E-state index contributed by atoms with van der Waals surface area (Å²) >= 11 is 0. The molecular weight excluding hydrogens is 154 g/mol. The van der Waals surface area contributed by atoms with Gasteiger partial charge in [-0.2, -0.15) is 0 Å². The second-order valence-electron chi connectivity index (χ2n) is 2.63. The summed E-state index contributed by atoms with van der Waals surface area (Å²) < 4.78 is 5.17. The molecule has 0 radical (unpaired) electrons. The molecule has 0 aliphatic carbocycles. The van der Waals surface area contributed by atoms with Crippen molar-refractivity contribution in [2.24, 2.45) is 5.73 Å². The average molecular weight is 163 g/mol. The van der Waals surface area contributed by atoms with Gasteiger partial charge in [0.1, 0.15) is 11.8 Å². The van der Waals surface area contributed by atoms with Gasteiger partial charge in [0.05, 0.1) is 6.26 Å². The molecule has 0 bridgehead atoms. The first-order valence-electron chi connectivity index (χ1n) is 3.69. The van der Waals surface area contributed by atoms with Crippen LogP contribution in [0.5, 0.6) is 0 Å². The van der Waals surface area contributed by atoms with Crippen molar-refractivity contribution in [3.05, 3.63) is 36.1 Å². The van der Waals surface area contributed by atoms with Crippen molar-refractivity contribution in [3.63, 3.8) is 0 Å². The summed E-state index contributed by atoms with van der Waals surface area (Å²) in [7, 11) is 0. The Morgan fingerprint density at radius 2 is 2.08 bits per heavy atom. The van der Waals surface area contributed by atoms with Crippen molar-refractivity contribution in [3.8, 4) is 0 Å². The van der Waals surface area contributed by atoms with Crippen molar-refractivity contribution in [2.45, 2.75) is 6.23 Å². The predicted octanol–water partition coefficient (Wildman–Crippen LogP) is 1.38. The second-order valence-corrected chi connectivity index (χ2v) is 2.63. The van der Waals surface area contributed by atoms with E-state index in [1.165, 1.54) is 6.26 Å². The van der Waals surface area contributed by atoms with Crippen LogP contribution in [0.1, 0.15) is 11.8 Å². The standard InChI is InChI=1S/C9H9NO2/c10-9(11)7-5-12-8-4-2-1-3-6(7)8/h1-5,9,11H,10H2. The lowest BCUT2D eigenvalue weighted by molar-refractivity contribution is 0.186. The highest BCUT2D eigenvalue weighted by molar-refractivity contribution is 5.81. The lowest BCUT2D eigenvalue weighted by Gasteiger charge is -1.98. The van der Waals surface area contributed by atoms with E-state index in [2.05, 4.69) is 0 Å². The molecule has 2 aromatic rings. The topological polar surface area (TPSA) is 59.4 Å². The molecule has 12 heavy (non-hydrogen) atoms. The Kier molecular flexibility index (Phi) is 1.60. The van der Waals surface area contributed by atoms with Crippen molar-refractivity contribution in [1.82, 2.24) is 0 Å². The monoisotopic (exact) mass is 163 g/mol. The normalized spacial score (nSPS) is 13.5. The molecule has 0 spiro atoms. The molecule has 62 valence electrons. The maximum atomic E-state index is 9.13. The highest BCUT2D eigenvalue weighted by Gasteiger charge is 2.08. The van der Waals surface area contributed by atoms with E-state index < -0.39 is 6.23 Å². The van der Waals surface area contributed by atoms with Gasteiger partial charge in [-0.3, -0.25) is 0 Å². The first-order valence-corrected chi connectivity index (χ1v) is 3.69. The first kappa shape index (κ1) is 7.34. The van der Waals surface area contributed by atoms with Gasteiger partial charge in [-0.25, -0.2) is 0 Å². The number of nitrogens with two attached hydrogens (primary N) is 1. The fourth-order valence-electron chi connectivity index (χ4n) is 1.23. The number of hydrogen-bond donors (Lipinski definition) is 2. The van der Waals surface area contributed by atoms with Crippen LogP contribution in [0, 0.1) is 0 Å². The number of aliphatic hydroxyl groups is 1. The summed E-state index contributed by atoms with van der Waals surface area (Å²) in [5.74, 6) is 0. The first-order chi connectivity index (χ1) is 5.79. The van der Waals surface area contributed by atoms with E-state index in [1.54, 1.807) is 0 Å². The summed E-state index contributed by atoms with van der Waals surface area (Å²) in [5.41, 5.74) is 6.70. The Bertz CT molecular complexity index is 392. The second kappa shape index (κ2) is 2.62. The van der Waals surface area contributed by atoms with Crippen LogP contribution in [-0.4, -0.2) is 5.11 Å². The molecule has 1 heterocycles. The maximum Gasteiger partial charge on any atom is 0.134 e. The van der Waals surface area contributed by atoms with Gasteiger partial charge < -0.3 is 15.3 Å². The SMILES string of the molecule is NC(O)c1coc2ccccc12. The van der Waals surface area contributed by atoms with Gasteiger partial charge in [0.2, 0.25) is 0 Å². The molecule has 2 rings (SSSR count). The maximum absolute atomic E-state index is 9.13. The number of benzene rings is 1. The largest absolute Gasteiger partial charge is 0.464 e. The van der Waals surface area contributed by atoms with Gasteiger partial charge in [0.25, 0.3) is 0 Å². The lowest BCUT2D eigenvalue weighted by Crippen LogP contribution is -2.07. The Morgan fingerprint density at radius 1 is 1.33 bits per heavy atom. The van der Waals surface area contributed by atoms with Crippen LogP contribution in [0.4, 0.5) is 0 Å². The van der Waals surface area contributed by atoms with Crippen LogP contribution < -0.4 is 5.73 Å². The molecule has 3 heteroatoms. The third-order valence-electron chi connectivity index (χ3n) is 1.83. The van der Waals surface area contributed by atoms with Crippen LogP contribution in [0.2, 0.25) is 0 Å². The van der Waals surface area contributed by atoms with E-state index in [-0.39, 0.29) is 0 Å². The number of rotatable bonds is 1. The number of aliphatic hydroxyl groups excluding tert-OH is 1. The molecule has 0 saturated heterocycles. The van der Waals surface area contributed by atoms with Crippen LogP contribution >= 0.6 is 0 Å². The number of hydrogen-bond acceptors (Lipinski definition) is 3. The van der Waals surface area contributed by atoms with Crippen LogP contribution in [0.3, 0.4) is 0 Å². The summed E-state index contributed by atoms with van der Waals surface area (Å²) in [6, 6.07) is 7.45. The molecule has 1 aromatic carbocycles. The highest BCUT2D eigenvalue weighted by atomic mass is 16.3. The van der Waals surface area contributed by atoms with E-state index in [0.717, 1.165) is 11.0 Å². The lowest BCUT2D eigenvalue weighted by atomic mass is 10.1. The van der Waals surface area contributed by atoms with Crippen LogP contribution in [0.15, 0.2) is 34.9 Å². The molecule has 0 fully saturated rings. The van der Waals surface area contributed by atoms with Gasteiger partial charge in [-0.15, -0.1) is 0 Å². The Balaban J connectivity index is 2.70. The molecule has 1 atom stereocenters. The summed E-state index contributed by atoms with van der Waals surface area (Å²) in [6.07, 6.45) is 0.517. The molecule has 1 unspecified atom stereocenters. The molecule has 1 aromatic heterocycles. The Morgan fingerprint density at radius 3 is 2.83 bits per heavy atom. The van der Waals surface area contributed by atoms with Crippen molar-refractivity contribution < 1.29 is 9.52 Å². The highest BCUT2D eigenvalue weighted by Crippen LogP contribution is 2.23. The van der Waals surface area contributed by atoms with Crippen molar-refractivity contribution in [1.29, 1.82) is 0 Å². The summed E-state index contributed by atoms with van der Waals surface area (Å²) in [4.78, 5) is 0. The molecule has 3 N–H and O–H groups in total. The molecule has 0 aliphatic rings. The number of para-hydroxylation sites is 1. The minimum atomic E-state index is -0.964.